The van der Waals surface area contributed by atoms with Crippen LogP contribution in [0.25, 0.3) is 5.70 Å². The van der Waals surface area contributed by atoms with E-state index < -0.39 is 23.7 Å². The molecule has 0 bridgehead atoms. The van der Waals surface area contributed by atoms with Crippen molar-refractivity contribution in [3.8, 4) is 0 Å². The van der Waals surface area contributed by atoms with Gasteiger partial charge in [-0.15, -0.1) is 0 Å². The van der Waals surface area contributed by atoms with E-state index in [9.17, 15) is 22.8 Å². The van der Waals surface area contributed by atoms with E-state index in [-0.39, 0.29) is 29.8 Å². The molecule has 30 heavy (non-hydrogen) atoms. The van der Waals surface area contributed by atoms with Crippen LogP contribution in [0.5, 0.6) is 0 Å². The van der Waals surface area contributed by atoms with Crippen LogP contribution in [0.4, 0.5) is 19.0 Å². The summed E-state index contributed by atoms with van der Waals surface area (Å²) < 4.78 is 37.9. The zero-order valence-corrected chi connectivity index (χ0v) is 16.6. The fourth-order valence-corrected chi connectivity index (χ4v) is 3.30. The van der Waals surface area contributed by atoms with Gasteiger partial charge in [-0.05, 0) is 19.1 Å². The number of nitrogens with one attached hydrogen (secondary N) is 2. The van der Waals surface area contributed by atoms with Gasteiger partial charge in [0.1, 0.15) is 11.9 Å². The van der Waals surface area contributed by atoms with Crippen LogP contribution in [-0.2, 0) is 11.0 Å². The number of aromatic nitrogens is 1. The number of carbonyl (C=O) groups is 2. The van der Waals surface area contributed by atoms with E-state index in [1.807, 2.05) is 0 Å². The van der Waals surface area contributed by atoms with Gasteiger partial charge in [0.05, 0.1) is 10.6 Å². The maximum absolute atomic E-state index is 12.6. The first-order valence-corrected chi connectivity index (χ1v) is 9.35. The van der Waals surface area contributed by atoms with Gasteiger partial charge in [-0.2, -0.15) is 13.2 Å². The monoisotopic (exact) mass is 438 g/mol. The van der Waals surface area contributed by atoms with Crippen molar-refractivity contribution in [2.45, 2.75) is 19.1 Å². The third kappa shape index (κ3) is 4.25. The summed E-state index contributed by atoms with van der Waals surface area (Å²) in [5.41, 5.74) is 0.687. The second-order valence-corrected chi connectivity index (χ2v) is 7.02. The molecule has 6 nitrogen and oxygen atoms in total. The van der Waals surface area contributed by atoms with Gasteiger partial charge in [-0.1, -0.05) is 36.4 Å². The minimum Gasteiger partial charge on any atom is -0.367 e. The molecule has 2 N–H and O–H groups in total. The van der Waals surface area contributed by atoms with Crippen LogP contribution >= 0.6 is 11.6 Å². The molecule has 158 valence electrons. The Hall–Kier alpha value is -3.07. The highest BCUT2D eigenvalue weighted by atomic mass is 35.5. The minimum atomic E-state index is -4.53. The summed E-state index contributed by atoms with van der Waals surface area (Å²) in [7, 11) is 0. The molecule has 1 aliphatic heterocycles. The summed E-state index contributed by atoms with van der Waals surface area (Å²) in [6, 6.07) is 6.97. The van der Waals surface area contributed by atoms with E-state index >= 15 is 0 Å². The van der Waals surface area contributed by atoms with Gasteiger partial charge in [0.2, 0.25) is 5.91 Å². The van der Waals surface area contributed by atoms with Gasteiger partial charge in [0, 0.05) is 36.1 Å². The summed E-state index contributed by atoms with van der Waals surface area (Å²) in [6.45, 7) is 5.81. The summed E-state index contributed by atoms with van der Waals surface area (Å²) in [6.07, 6.45) is -3.85. The molecule has 0 spiro atoms. The Labute approximate surface area is 175 Å². The van der Waals surface area contributed by atoms with Gasteiger partial charge in [0.15, 0.2) is 0 Å². The summed E-state index contributed by atoms with van der Waals surface area (Å²) >= 11 is 5.82. The van der Waals surface area contributed by atoms with Gasteiger partial charge in [0.25, 0.3) is 5.91 Å². The first-order chi connectivity index (χ1) is 14.1. The molecule has 10 heteroatoms. The number of amides is 2. The average molecular weight is 439 g/mol. The first kappa shape index (κ1) is 21.6. The van der Waals surface area contributed by atoms with Crippen molar-refractivity contribution >= 4 is 34.9 Å². The third-order valence-electron chi connectivity index (χ3n) is 4.63. The second-order valence-electron chi connectivity index (χ2n) is 6.61. The fourth-order valence-electron chi connectivity index (χ4n) is 3.07. The minimum absolute atomic E-state index is 0.0745. The van der Waals surface area contributed by atoms with E-state index in [0.29, 0.717) is 23.0 Å². The predicted molar refractivity (Wildman–Crippen MR) is 107 cm³/mol. The number of hydrogen-bond donors (Lipinski definition) is 2. The Bertz CT molecular complexity index is 975. The zero-order valence-electron chi connectivity index (χ0n) is 15.9. The number of fused-ring (bicyclic) bond motifs is 1. The number of benzene rings is 1. The predicted octanol–water partition coefficient (Wildman–Crippen LogP) is 3.80. The zero-order chi connectivity index (χ0) is 22.1. The number of anilines is 1. The van der Waals surface area contributed by atoms with Gasteiger partial charge >= 0.3 is 6.18 Å². The largest absolute Gasteiger partial charge is 0.417 e. The molecule has 1 aliphatic rings. The van der Waals surface area contributed by atoms with Crippen molar-refractivity contribution in [2.75, 3.05) is 18.4 Å². The maximum atomic E-state index is 12.6. The van der Waals surface area contributed by atoms with Crippen molar-refractivity contribution in [1.82, 2.24) is 15.2 Å². The first-order valence-electron chi connectivity index (χ1n) is 8.97. The normalized spacial score (nSPS) is 14.5. The molecule has 0 saturated carbocycles. The van der Waals surface area contributed by atoms with Crippen molar-refractivity contribution in [3.63, 3.8) is 0 Å². The second kappa shape index (κ2) is 8.35. The number of hydrogen-bond acceptors (Lipinski definition) is 4. The number of pyridine rings is 1. The molecular formula is C20H18ClF3N4O2. The van der Waals surface area contributed by atoms with Crippen molar-refractivity contribution < 1.29 is 22.8 Å². The highest BCUT2D eigenvalue weighted by Gasteiger charge is 2.36. The molecule has 0 radical (unpaired) electrons. The highest BCUT2D eigenvalue weighted by molar-refractivity contribution is 6.33. The lowest BCUT2D eigenvalue weighted by Crippen LogP contribution is -2.45. The van der Waals surface area contributed by atoms with Gasteiger partial charge < -0.3 is 10.6 Å². The Balaban J connectivity index is 1.53. The number of nitrogens with zero attached hydrogens (tertiary/aromatic N) is 2. The standard InChI is InChI=1S/C20H18ClF3N4O2/c1-11-14-5-3-4-6-15(14)19(30)28(11)12(2)18(29)26-8-7-25-17-16(21)9-13(10-27-17)20(22,23)24/h3-6,9-10,12H,1,7-8H2,2H3,(H,25,27)(H,26,29)/t12-/m1/s1. The van der Waals surface area contributed by atoms with Crippen LogP contribution in [0.15, 0.2) is 43.1 Å². The van der Waals surface area contributed by atoms with Crippen LogP contribution in [0, 0.1) is 0 Å². The molecule has 0 saturated heterocycles. The lowest BCUT2D eigenvalue weighted by atomic mass is 10.1. The molecule has 0 unspecified atom stereocenters. The number of rotatable bonds is 6. The molecule has 0 aliphatic carbocycles. The Morgan fingerprint density at radius 3 is 2.53 bits per heavy atom. The number of halogens is 4. The lowest BCUT2D eigenvalue weighted by Gasteiger charge is -2.24. The Morgan fingerprint density at radius 1 is 1.27 bits per heavy atom. The lowest BCUT2D eigenvalue weighted by molar-refractivity contribution is -0.137. The summed E-state index contributed by atoms with van der Waals surface area (Å²) in [4.78, 5) is 30.0. The van der Waals surface area contributed by atoms with E-state index in [2.05, 4.69) is 22.2 Å². The molecule has 1 aromatic heterocycles. The van der Waals surface area contributed by atoms with E-state index in [0.717, 1.165) is 6.07 Å². The topological polar surface area (TPSA) is 74.3 Å². The molecule has 2 aromatic rings. The number of carbonyl (C=O) groups excluding carboxylic acids is 2. The number of alkyl halides is 3. The van der Waals surface area contributed by atoms with E-state index in [4.69, 9.17) is 11.6 Å². The van der Waals surface area contributed by atoms with Crippen LogP contribution in [0.1, 0.15) is 28.4 Å². The molecular weight excluding hydrogens is 421 g/mol. The molecule has 0 fully saturated rings. The van der Waals surface area contributed by atoms with Gasteiger partial charge in [-0.25, -0.2) is 4.98 Å². The van der Waals surface area contributed by atoms with Gasteiger partial charge in [-0.3, -0.25) is 14.5 Å². The smallest absolute Gasteiger partial charge is 0.367 e. The summed E-state index contributed by atoms with van der Waals surface area (Å²) in [5, 5.41) is 5.25. The van der Waals surface area contributed by atoms with Crippen molar-refractivity contribution in [1.29, 1.82) is 0 Å². The molecule has 1 atom stereocenters. The average Bonchev–Trinajstić information content (AvgIpc) is 2.95. The summed E-state index contributed by atoms with van der Waals surface area (Å²) in [5.74, 6) is -0.617. The van der Waals surface area contributed by atoms with E-state index in [1.54, 1.807) is 31.2 Å². The molecule has 2 amide bonds. The third-order valence-corrected chi connectivity index (χ3v) is 4.92. The van der Waals surface area contributed by atoms with Crippen LogP contribution in [0.3, 0.4) is 0 Å². The highest BCUT2D eigenvalue weighted by Crippen LogP contribution is 2.33. The quantitative estimate of drug-likeness (QED) is 0.673. The van der Waals surface area contributed by atoms with Crippen molar-refractivity contribution in [3.05, 3.63) is 64.8 Å². The van der Waals surface area contributed by atoms with Crippen LogP contribution in [0.2, 0.25) is 5.02 Å². The van der Waals surface area contributed by atoms with Crippen LogP contribution in [-0.4, -0.2) is 40.8 Å². The Kier molecular flexibility index (Phi) is 6.02. The van der Waals surface area contributed by atoms with Crippen LogP contribution < -0.4 is 10.6 Å². The fraction of sp³-hybridized carbons (Fsp3) is 0.250. The SMILES string of the molecule is C=C1c2ccccc2C(=O)N1[C@H](C)C(=O)NCCNc1ncc(C(F)(F)F)cc1Cl. The molecule has 2 heterocycles. The van der Waals surface area contributed by atoms with E-state index in [1.165, 1.54) is 4.90 Å². The Morgan fingerprint density at radius 2 is 1.93 bits per heavy atom. The molecule has 3 rings (SSSR count). The van der Waals surface area contributed by atoms with Crippen molar-refractivity contribution in [2.24, 2.45) is 0 Å². The molecule has 1 aromatic carbocycles. The maximum Gasteiger partial charge on any atom is 0.417 e.